The molecule has 2 rings (SSSR count). The first kappa shape index (κ1) is 13.1. The molecule has 0 saturated carbocycles. The fraction of sp³-hybridized carbons (Fsp3) is 0.250. The number of carbonyl (C=O) groups excluding carboxylic acids is 1. The lowest BCUT2D eigenvalue weighted by molar-refractivity contribution is 0.101. The molecule has 1 aliphatic heterocycles. The number of aliphatic hydroxyl groups excluding tert-OH is 1. The van der Waals surface area contributed by atoms with E-state index in [1.54, 1.807) is 19.9 Å². The molecule has 0 aromatic heterocycles. The molecular weight excluding hydrogens is 275 g/mol. The van der Waals surface area contributed by atoms with Crippen LogP contribution in [0.15, 0.2) is 39.9 Å². The molecule has 1 aromatic rings. The van der Waals surface area contributed by atoms with Crippen LogP contribution in [0, 0.1) is 0 Å². The Bertz CT molecular complexity index is 592. The van der Waals surface area contributed by atoms with Crippen molar-refractivity contribution in [2.24, 2.45) is 10.2 Å². The van der Waals surface area contributed by atoms with Gasteiger partial charge in [0.2, 0.25) is 5.88 Å². The van der Waals surface area contributed by atoms with E-state index in [4.69, 9.17) is 23.2 Å². The van der Waals surface area contributed by atoms with Crippen molar-refractivity contribution in [1.82, 2.24) is 0 Å². The van der Waals surface area contributed by atoms with E-state index in [1.807, 2.05) is 0 Å². The first-order chi connectivity index (χ1) is 8.33. The van der Waals surface area contributed by atoms with Crippen LogP contribution >= 0.6 is 23.2 Å². The number of nitrogens with zero attached hydrogens (tertiary/aromatic N) is 2. The maximum absolute atomic E-state index is 12.4. The van der Waals surface area contributed by atoms with Crippen LogP contribution in [0.2, 0.25) is 10.0 Å². The minimum Gasteiger partial charge on any atom is -0.492 e. The van der Waals surface area contributed by atoms with Gasteiger partial charge in [0.05, 0.1) is 10.6 Å². The van der Waals surface area contributed by atoms with Crippen LogP contribution in [-0.2, 0) is 0 Å². The molecule has 0 aliphatic carbocycles. The highest BCUT2D eigenvalue weighted by Crippen LogP contribution is 2.34. The molecule has 6 heteroatoms. The molecule has 1 aliphatic rings. The van der Waals surface area contributed by atoms with Crippen molar-refractivity contribution in [1.29, 1.82) is 0 Å². The number of aliphatic hydroxyl groups is 1. The lowest BCUT2D eigenvalue weighted by Crippen LogP contribution is -2.24. The zero-order valence-corrected chi connectivity index (χ0v) is 11.2. The molecule has 94 valence electrons. The molecule has 0 bridgehead atoms. The molecule has 18 heavy (non-hydrogen) atoms. The van der Waals surface area contributed by atoms with Gasteiger partial charge in [-0.15, -0.1) is 5.11 Å². The Hall–Kier alpha value is -1.39. The zero-order valence-electron chi connectivity index (χ0n) is 9.74. The number of hydrogen-bond donors (Lipinski definition) is 1. The Morgan fingerprint density at radius 1 is 1.33 bits per heavy atom. The van der Waals surface area contributed by atoms with E-state index >= 15 is 0 Å². The van der Waals surface area contributed by atoms with E-state index in [-0.39, 0.29) is 22.0 Å². The summed E-state index contributed by atoms with van der Waals surface area (Å²) in [5, 5.41) is 17.7. The van der Waals surface area contributed by atoms with Crippen LogP contribution in [-0.4, -0.2) is 16.4 Å². The second-order valence-electron chi connectivity index (χ2n) is 4.41. The maximum atomic E-state index is 12.4. The average Bonchev–Trinajstić information content (AvgIpc) is 2.56. The molecule has 4 nitrogen and oxygen atoms in total. The standard InChI is InChI=1S/C12H10Cl2N2O2/c1-12(2)9(11(18)15-16-12)10(17)7-5-6(13)3-4-8(7)14/h3-5,18H,1-2H3. The number of azo groups is 1. The lowest BCUT2D eigenvalue weighted by atomic mass is 9.89. The average molecular weight is 285 g/mol. The van der Waals surface area contributed by atoms with E-state index in [0.717, 1.165) is 0 Å². The fourth-order valence-electron chi connectivity index (χ4n) is 1.73. The quantitative estimate of drug-likeness (QED) is 0.828. The van der Waals surface area contributed by atoms with Gasteiger partial charge in [-0.25, -0.2) is 0 Å². The van der Waals surface area contributed by atoms with Crippen molar-refractivity contribution in [2.75, 3.05) is 0 Å². The van der Waals surface area contributed by atoms with Crippen molar-refractivity contribution >= 4 is 29.0 Å². The van der Waals surface area contributed by atoms with Gasteiger partial charge in [-0.2, -0.15) is 5.11 Å². The van der Waals surface area contributed by atoms with Gasteiger partial charge in [-0.05, 0) is 32.0 Å². The highest BCUT2D eigenvalue weighted by atomic mass is 35.5. The van der Waals surface area contributed by atoms with E-state index in [1.165, 1.54) is 12.1 Å². The second kappa shape index (κ2) is 4.37. The topological polar surface area (TPSA) is 62.0 Å². The smallest absolute Gasteiger partial charge is 0.240 e. The molecule has 0 spiro atoms. The summed E-state index contributed by atoms with van der Waals surface area (Å²) in [6, 6.07) is 4.58. The van der Waals surface area contributed by atoms with Crippen molar-refractivity contribution in [2.45, 2.75) is 19.4 Å². The van der Waals surface area contributed by atoms with Gasteiger partial charge >= 0.3 is 0 Å². The van der Waals surface area contributed by atoms with Crippen molar-refractivity contribution < 1.29 is 9.90 Å². The van der Waals surface area contributed by atoms with Gasteiger partial charge in [0.25, 0.3) is 0 Å². The first-order valence-electron chi connectivity index (χ1n) is 5.19. The Balaban J connectivity index is 2.51. The Morgan fingerprint density at radius 3 is 2.56 bits per heavy atom. The van der Waals surface area contributed by atoms with Crippen molar-refractivity contribution in [3.05, 3.63) is 45.3 Å². The highest BCUT2D eigenvalue weighted by molar-refractivity contribution is 6.36. The summed E-state index contributed by atoms with van der Waals surface area (Å²) in [5.41, 5.74) is -0.523. The van der Waals surface area contributed by atoms with Crippen molar-refractivity contribution in [3.8, 4) is 0 Å². The molecule has 0 atom stereocenters. The Kier molecular flexibility index (Phi) is 3.17. The second-order valence-corrected chi connectivity index (χ2v) is 5.25. The third kappa shape index (κ3) is 2.13. The van der Waals surface area contributed by atoms with Crippen LogP contribution in [0.4, 0.5) is 0 Å². The zero-order chi connectivity index (χ0) is 13.5. The van der Waals surface area contributed by atoms with Crippen LogP contribution in [0.25, 0.3) is 0 Å². The molecule has 0 fully saturated rings. The van der Waals surface area contributed by atoms with E-state index in [2.05, 4.69) is 10.2 Å². The number of hydrogen-bond acceptors (Lipinski definition) is 4. The van der Waals surface area contributed by atoms with E-state index in [9.17, 15) is 9.90 Å². The van der Waals surface area contributed by atoms with Crippen LogP contribution < -0.4 is 0 Å². The molecule has 1 heterocycles. The number of halogens is 2. The third-order valence-electron chi connectivity index (χ3n) is 2.63. The van der Waals surface area contributed by atoms with Crippen LogP contribution in [0.1, 0.15) is 24.2 Å². The molecule has 0 amide bonds. The number of Topliss-reactive ketones (excluding diaryl/α,β-unsaturated/α-hetero) is 1. The largest absolute Gasteiger partial charge is 0.492 e. The molecule has 1 aromatic carbocycles. The Labute approximate surface area is 114 Å². The molecule has 0 saturated heterocycles. The minimum absolute atomic E-state index is 0.117. The Morgan fingerprint density at radius 2 is 2.00 bits per heavy atom. The summed E-state index contributed by atoms with van der Waals surface area (Å²) in [5.74, 6) is -0.795. The number of ketones is 1. The predicted octanol–water partition coefficient (Wildman–Crippen LogP) is 4.19. The molecule has 0 radical (unpaired) electrons. The van der Waals surface area contributed by atoms with E-state index < -0.39 is 11.3 Å². The normalized spacial score (nSPS) is 17.3. The fourth-order valence-corrected chi connectivity index (χ4v) is 2.11. The predicted molar refractivity (Wildman–Crippen MR) is 69.4 cm³/mol. The molecule has 0 unspecified atom stereocenters. The maximum Gasteiger partial charge on any atom is 0.240 e. The first-order valence-corrected chi connectivity index (χ1v) is 5.95. The number of rotatable bonds is 2. The summed E-state index contributed by atoms with van der Waals surface area (Å²) < 4.78 is 0. The van der Waals surface area contributed by atoms with Crippen LogP contribution in [0.3, 0.4) is 0 Å². The van der Waals surface area contributed by atoms with Gasteiger partial charge in [0.1, 0.15) is 5.54 Å². The minimum atomic E-state index is -0.868. The van der Waals surface area contributed by atoms with Gasteiger partial charge in [-0.3, -0.25) is 4.79 Å². The number of carbonyl (C=O) groups is 1. The summed E-state index contributed by atoms with van der Waals surface area (Å²) in [6.07, 6.45) is 0. The van der Waals surface area contributed by atoms with Gasteiger partial charge in [0.15, 0.2) is 5.78 Å². The summed E-state index contributed by atoms with van der Waals surface area (Å²) in [6.45, 7) is 3.37. The van der Waals surface area contributed by atoms with Gasteiger partial charge in [0, 0.05) is 10.6 Å². The van der Waals surface area contributed by atoms with Gasteiger partial charge < -0.3 is 5.11 Å². The highest BCUT2D eigenvalue weighted by Gasteiger charge is 2.37. The number of benzene rings is 1. The van der Waals surface area contributed by atoms with Gasteiger partial charge in [-0.1, -0.05) is 23.2 Å². The lowest BCUT2D eigenvalue weighted by Gasteiger charge is -2.16. The molecule has 1 N–H and O–H groups in total. The third-order valence-corrected chi connectivity index (χ3v) is 3.19. The SMILES string of the molecule is CC1(C)N=NC(O)=C1C(=O)c1cc(Cl)ccc1Cl. The van der Waals surface area contributed by atoms with Crippen molar-refractivity contribution in [3.63, 3.8) is 0 Å². The summed E-state index contributed by atoms with van der Waals surface area (Å²) >= 11 is 11.8. The monoisotopic (exact) mass is 284 g/mol. The summed E-state index contributed by atoms with van der Waals surface area (Å²) in [7, 11) is 0. The van der Waals surface area contributed by atoms with Crippen LogP contribution in [0.5, 0.6) is 0 Å². The molecular formula is C12H10Cl2N2O2. The summed E-state index contributed by atoms with van der Waals surface area (Å²) in [4.78, 5) is 12.4. The van der Waals surface area contributed by atoms with E-state index in [0.29, 0.717) is 5.02 Å².